The summed E-state index contributed by atoms with van der Waals surface area (Å²) in [5, 5.41) is 10.0. The number of allylic oxidation sites excluding steroid dienone is 2. The molecule has 4 heterocycles. The van der Waals surface area contributed by atoms with Gasteiger partial charge in [0.2, 0.25) is 5.91 Å². The Morgan fingerprint density at radius 2 is 2.15 bits per heavy atom. The van der Waals surface area contributed by atoms with Crippen LogP contribution in [0.5, 0.6) is 0 Å². The molecular formula is C27H25FN4O2. The molecular weight excluding hydrogens is 431 g/mol. The maximum absolute atomic E-state index is 14.3. The molecule has 0 saturated carbocycles. The van der Waals surface area contributed by atoms with Gasteiger partial charge in [0.05, 0.1) is 24.2 Å². The predicted molar refractivity (Wildman–Crippen MR) is 127 cm³/mol. The number of Topliss-reactive ketones (excluding diaryl/α,β-unsaturated/α-hetero) is 1. The fraction of sp³-hybridized carbons (Fsp3) is 0.333. The minimum absolute atomic E-state index is 0.000774. The van der Waals surface area contributed by atoms with Gasteiger partial charge < -0.3 is 9.80 Å². The van der Waals surface area contributed by atoms with E-state index in [1.54, 1.807) is 12.3 Å². The standard InChI is InChI=1S/C27H25FN4O2/c1-27(28)14-21(15-29)32(17-27)26(34)9-8-25(33)22-10-11-30-24-7-5-18(13-23(22)24)19-4-6-20-3-2-12-31(20)16-19/h2,4-7,10-13,16,20-21H,3,8-9,14,17H2,1H3/t20?,21-,27?/m0/s1. The fourth-order valence-corrected chi connectivity index (χ4v) is 4.95. The van der Waals surface area contributed by atoms with Gasteiger partial charge in [0, 0.05) is 48.8 Å². The third-order valence-corrected chi connectivity index (χ3v) is 6.73. The lowest BCUT2D eigenvalue weighted by molar-refractivity contribution is -0.131. The molecule has 172 valence electrons. The van der Waals surface area contributed by atoms with Crippen molar-refractivity contribution in [3.8, 4) is 6.07 Å². The predicted octanol–water partition coefficient (Wildman–Crippen LogP) is 4.55. The molecule has 3 atom stereocenters. The number of nitrogens with zero attached hydrogens (tertiary/aromatic N) is 4. The molecule has 1 aromatic heterocycles. The Labute approximate surface area is 197 Å². The molecule has 1 fully saturated rings. The van der Waals surface area contributed by atoms with E-state index in [-0.39, 0.29) is 37.5 Å². The first kappa shape index (κ1) is 22.0. The van der Waals surface area contributed by atoms with E-state index in [2.05, 4.69) is 40.5 Å². The third-order valence-electron chi connectivity index (χ3n) is 6.73. The Hall–Kier alpha value is -3.79. The summed E-state index contributed by atoms with van der Waals surface area (Å²) in [6.45, 7) is 1.28. The highest BCUT2D eigenvalue weighted by Gasteiger charge is 2.43. The summed E-state index contributed by atoms with van der Waals surface area (Å²) in [6, 6.07) is 9.11. The Kier molecular flexibility index (Phi) is 5.52. The Bertz CT molecular complexity index is 1300. The van der Waals surface area contributed by atoms with Gasteiger partial charge in [-0.3, -0.25) is 14.6 Å². The van der Waals surface area contributed by atoms with Gasteiger partial charge in [-0.25, -0.2) is 4.39 Å². The van der Waals surface area contributed by atoms with E-state index in [4.69, 9.17) is 0 Å². The first-order valence-electron chi connectivity index (χ1n) is 11.5. The van der Waals surface area contributed by atoms with E-state index >= 15 is 0 Å². The normalized spacial score (nSPS) is 25.4. The minimum atomic E-state index is -1.58. The molecule has 1 aromatic carbocycles. The van der Waals surface area contributed by atoms with Crippen LogP contribution in [0.3, 0.4) is 0 Å². The van der Waals surface area contributed by atoms with Gasteiger partial charge in [0.25, 0.3) is 0 Å². The highest BCUT2D eigenvalue weighted by atomic mass is 19.1. The van der Waals surface area contributed by atoms with Crippen molar-refractivity contribution in [1.29, 1.82) is 5.26 Å². The molecule has 0 spiro atoms. The van der Waals surface area contributed by atoms with Gasteiger partial charge in [0.15, 0.2) is 5.78 Å². The molecule has 1 saturated heterocycles. The van der Waals surface area contributed by atoms with Gasteiger partial charge in [-0.05, 0) is 42.7 Å². The molecule has 1 amide bonds. The van der Waals surface area contributed by atoms with Gasteiger partial charge in [-0.1, -0.05) is 24.3 Å². The number of ketones is 1. The first-order valence-corrected chi connectivity index (χ1v) is 11.5. The lowest BCUT2D eigenvalue weighted by atomic mass is 9.96. The van der Waals surface area contributed by atoms with Crippen LogP contribution in [0.15, 0.2) is 61.1 Å². The smallest absolute Gasteiger partial charge is 0.224 e. The number of hydrogen-bond acceptors (Lipinski definition) is 5. The van der Waals surface area contributed by atoms with E-state index in [0.29, 0.717) is 17.1 Å². The van der Waals surface area contributed by atoms with Crippen molar-refractivity contribution >= 4 is 28.2 Å². The monoisotopic (exact) mass is 456 g/mol. The summed E-state index contributed by atoms with van der Waals surface area (Å²) in [5.74, 6) is -0.546. The molecule has 6 nitrogen and oxygen atoms in total. The van der Waals surface area contributed by atoms with Crippen molar-refractivity contribution in [1.82, 2.24) is 14.8 Å². The second-order valence-corrected chi connectivity index (χ2v) is 9.38. The molecule has 2 aromatic rings. The first-order chi connectivity index (χ1) is 16.3. The number of carbonyl (C=O) groups excluding carboxylic acids is 2. The maximum atomic E-state index is 14.3. The van der Waals surface area contributed by atoms with Crippen molar-refractivity contribution in [3.05, 3.63) is 72.2 Å². The van der Waals surface area contributed by atoms with Crippen molar-refractivity contribution in [2.75, 3.05) is 6.54 Å². The molecule has 0 N–H and O–H groups in total. The average molecular weight is 457 g/mol. The van der Waals surface area contributed by atoms with Gasteiger partial charge >= 0.3 is 0 Å². The molecule has 3 aliphatic heterocycles. The van der Waals surface area contributed by atoms with Crippen LogP contribution in [-0.4, -0.2) is 50.8 Å². The summed E-state index contributed by atoms with van der Waals surface area (Å²) in [4.78, 5) is 33.6. The van der Waals surface area contributed by atoms with Crippen LogP contribution in [-0.2, 0) is 4.79 Å². The molecule has 3 aliphatic rings. The van der Waals surface area contributed by atoms with Gasteiger partial charge in [0.1, 0.15) is 11.7 Å². The van der Waals surface area contributed by atoms with Crippen molar-refractivity contribution in [2.45, 2.75) is 50.4 Å². The lowest BCUT2D eigenvalue weighted by Gasteiger charge is -2.24. The van der Waals surface area contributed by atoms with E-state index in [0.717, 1.165) is 22.9 Å². The highest BCUT2D eigenvalue weighted by Crippen LogP contribution is 2.32. The number of halogens is 1. The van der Waals surface area contributed by atoms with Crippen LogP contribution in [0, 0.1) is 11.3 Å². The summed E-state index contributed by atoms with van der Waals surface area (Å²) in [5.41, 5.74) is 1.67. The van der Waals surface area contributed by atoms with Crippen molar-refractivity contribution < 1.29 is 14.0 Å². The zero-order valence-corrected chi connectivity index (χ0v) is 18.9. The number of carbonyl (C=O) groups is 2. The Morgan fingerprint density at radius 1 is 1.29 bits per heavy atom. The second kappa shape index (κ2) is 8.53. The van der Waals surface area contributed by atoms with E-state index in [1.807, 2.05) is 24.3 Å². The van der Waals surface area contributed by atoms with E-state index in [9.17, 15) is 19.2 Å². The second-order valence-electron chi connectivity index (χ2n) is 9.38. The minimum Gasteiger partial charge on any atom is -0.347 e. The summed E-state index contributed by atoms with van der Waals surface area (Å²) in [7, 11) is 0. The zero-order chi connectivity index (χ0) is 23.9. The van der Waals surface area contributed by atoms with Crippen molar-refractivity contribution in [2.24, 2.45) is 0 Å². The van der Waals surface area contributed by atoms with Crippen LogP contribution in [0.1, 0.15) is 48.5 Å². The average Bonchev–Trinajstić information content (AvgIpc) is 3.44. The topological polar surface area (TPSA) is 77.3 Å². The number of aromatic nitrogens is 1. The molecule has 0 bridgehead atoms. The number of amides is 1. The quantitative estimate of drug-likeness (QED) is 0.617. The molecule has 0 aliphatic carbocycles. The number of nitriles is 1. The van der Waals surface area contributed by atoms with Crippen LogP contribution in [0.4, 0.5) is 4.39 Å². The molecule has 34 heavy (non-hydrogen) atoms. The maximum Gasteiger partial charge on any atom is 0.224 e. The Balaban J connectivity index is 1.35. The van der Waals surface area contributed by atoms with Crippen LogP contribution >= 0.6 is 0 Å². The largest absolute Gasteiger partial charge is 0.347 e. The molecule has 5 rings (SSSR count). The summed E-state index contributed by atoms with van der Waals surface area (Å²) in [6.07, 6.45) is 13.1. The fourth-order valence-electron chi connectivity index (χ4n) is 4.95. The van der Waals surface area contributed by atoms with E-state index < -0.39 is 11.7 Å². The van der Waals surface area contributed by atoms with E-state index in [1.165, 1.54) is 11.8 Å². The van der Waals surface area contributed by atoms with Gasteiger partial charge in [-0.15, -0.1) is 0 Å². The SMILES string of the molecule is CC1(F)C[C@@H](C#N)N(C(=O)CCC(=O)c2ccnc3ccc(C4=CN5C=CCC5C=C4)cc23)C1. The number of alkyl halides is 1. The summed E-state index contributed by atoms with van der Waals surface area (Å²) >= 11 is 0. The number of pyridine rings is 1. The molecule has 2 unspecified atom stereocenters. The van der Waals surface area contributed by atoms with Gasteiger partial charge in [-0.2, -0.15) is 5.26 Å². The van der Waals surface area contributed by atoms with Crippen LogP contribution in [0.2, 0.25) is 0 Å². The van der Waals surface area contributed by atoms with Crippen LogP contribution < -0.4 is 0 Å². The number of rotatable bonds is 5. The lowest BCUT2D eigenvalue weighted by Crippen LogP contribution is -2.36. The molecule has 7 heteroatoms. The molecule has 0 radical (unpaired) electrons. The third kappa shape index (κ3) is 4.12. The van der Waals surface area contributed by atoms with Crippen molar-refractivity contribution in [3.63, 3.8) is 0 Å². The number of benzene rings is 1. The summed E-state index contributed by atoms with van der Waals surface area (Å²) < 4.78 is 14.3. The number of fused-ring (bicyclic) bond motifs is 2. The number of hydrogen-bond donors (Lipinski definition) is 0. The Morgan fingerprint density at radius 3 is 2.97 bits per heavy atom. The highest BCUT2D eigenvalue weighted by molar-refractivity contribution is 6.08. The van der Waals surface area contributed by atoms with Crippen LogP contribution in [0.25, 0.3) is 16.5 Å². The zero-order valence-electron chi connectivity index (χ0n) is 18.9. The number of likely N-dealkylation sites (tertiary alicyclic amines) is 1.